The number of fused-ring (bicyclic) bond motifs is 4. The number of alkyl halides is 12. The quantitative estimate of drug-likeness (QED) is 0.0195. The van der Waals surface area contributed by atoms with Crippen LogP contribution in [0.5, 0.6) is 5.75 Å². The molecule has 12 heterocycles. The Morgan fingerprint density at radius 3 is 1.04 bits per heavy atom. The summed E-state index contributed by atoms with van der Waals surface area (Å²) in [4.78, 5) is 107. The third-order valence-electron chi connectivity index (χ3n) is 19.8. The molecule has 0 unspecified atom stereocenters. The molecule has 53 heteroatoms. The third-order valence-corrected chi connectivity index (χ3v) is 26.2. The number of halogens is 15. The Kier molecular flexibility index (Phi) is 29.5. The SMILES string of the molecule is COCc1cnc(C(=O)c2c(OC)cnc3[nH]ccc23)c(NS(=O)(=O)c2ccc(Cl)c(C(F)(F)F)c2)c1.COCc1cnc(C(=O)c2ncnc3[nH]ccc23)c(NS(=O)(=O)c2ccc(Cl)c(C(F)(F)F)c2)c1.Cc1cnc(C(=O)c2nc(C)nc3[nH]ccc23)c(NS(=O)(=O)c2ccc(Cl)c(C(F)(F)F)c2)c1.Cc1cnc(C(=O)c2ncnc3[nH]ccc23)c(NS(=O)(=O)c2ccc(C)c(C(F)(F)F)c2)c1. The Balaban J connectivity index is 0.000000156. The average molecular weight is 2070 g/mol. The van der Waals surface area contributed by atoms with Crippen LogP contribution in [0, 0.1) is 27.7 Å². The molecule has 0 spiro atoms. The van der Waals surface area contributed by atoms with Crippen LogP contribution in [-0.2, 0) is 87.5 Å². The number of ether oxygens (including phenoxy) is 3. The minimum absolute atomic E-state index is 0.00672. The predicted molar refractivity (Wildman–Crippen MR) is 479 cm³/mol. The third kappa shape index (κ3) is 22.8. The van der Waals surface area contributed by atoms with Gasteiger partial charge in [-0.3, -0.25) is 58.0 Å². The maximum absolute atomic E-state index is 13.7. The predicted octanol–water partition coefficient (Wildman–Crippen LogP) is 17.7. The van der Waals surface area contributed by atoms with Crippen LogP contribution in [-0.4, -0.2) is 153 Å². The second-order valence-electron chi connectivity index (χ2n) is 29.5. The van der Waals surface area contributed by atoms with E-state index in [1.807, 2.05) is 0 Å². The molecule has 4 aromatic carbocycles. The maximum Gasteiger partial charge on any atom is 0.417 e. The van der Waals surface area contributed by atoms with Crippen LogP contribution in [0.15, 0.2) is 209 Å². The van der Waals surface area contributed by atoms with Gasteiger partial charge in [0, 0.05) is 85.3 Å². The smallest absolute Gasteiger partial charge is 0.417 e. The van der Waals surface area contributed by atoms with Crippen LogP contribution in [0.25, 0.3) is 44.1 Å². The van der Waals surface area contributed by atoms with Gasteiger partial charge in [0.1, 0.15) is 86.7 Å². The molecule has 722 valence electrons. The Morgan fingerprint density at radius 2 is 0.669 bits per heavy atom. The van der Waals surface area contributed by atoms with Gasteiger partial charge in [0.15, 0.2) is 0 Å². The van der Waals surface area contributed by atoms with E-state index in [1.165, 1.54) is 89.8 Å². The second-order valence-corrected chi connectivity index (χ2v) is 37.5. The van der Waals surface area contributed by atoms with Gasteiger partial charge < -0.3 is 34.1 Å². The minimum Gasteiger partial charge on any atom is -0.494 e. The number of sulfonamides is 4. The number of H-pyrrole nitrogens is 4. The highest BCUT2D eigenvalue weighted by Gasteiger charge is 2.40. The molecule has 0 saturated heterocycles. The van der Waals surface area contributed by atoms with Gasteiger partial charge in [-0.15, -0.1) is 0 Å². The second kappa shape index (κ2) is 40.3. The molecule has 0 bridgehead atoms. The Hall–Kier alpha value is -14.5. The van der Waals surface area contributed by atoms with Crippen molar-refractivity contribution in [2.75, 3.05) is 40.2 Å². The standard InChI is InChI=1S/C23H18ClF3N4O5S.C21H15ClF3N5O4S.C21H15ClF3N5O3S.C21H16F3N5O3S/c1-35-11-12-7-17(31-37(33,34)13-3-4-16(24)15(8-13)23(25,26)27)20(29-9-12)21(32)19-14-5-6-28-22(14)30-10-18(19)36-2;1-34-9-11-6-16(30-35(32,33)12-2-3-15(22)14(7-12)21(23,24)25)18(27-8-11)19(31)17-13-4-5-26-20(13)29-10-28-17;1-10-7-16(30-34(32,33)12-3-4-15(22)14(8-12)21(23,24)25)18(27-9-10)19(31)17-13-5-6-26-20(13)29-11(2)28-17;1-11-7-16(29-33(31,32)13-4-3-12(2)15(8-13)21(22,23)24)18(26-9-11)19(30)17-14-5-6-25-20(14)28-10-27-17/h3-10,31H,11H2,1-2H3,(H,28,30);2-8,10,30H,9H2,1H3,(H,26,28,29);3-9,30H,1-2H3,(H,26,28,29);3-10,29H,1-2H3,(H,25,27,28). The van der Waals surface area contributed by atoms with Gasteiger partial charge in [0.05, 0.1) is 112 Å². The molecule has 12 aromatic heterocycles. The fourth-order valence-electron chi connectivity index (χ4n) is 13.4. The van der Waals surface area contributed by atoms with Crippen molar-refractivity contribution in [2.45, 2.75) is 85.2 Å². The van der Waals surface area contributed by atoms with Crippen LogP contribution in [0.2, 0.25) is 15.1 Å². The van der Waals surface area contributed by atoms with Crippen molar-refractivity contribution in [3.8, 4) is 5.75 Å². The van der Waals surface area contributed by atoms with Crippen molar-refractivity contribution in [2.24, 2.45) is 0 Å². The van der Waals surface area contributed by atoms with Gasteiger partial charge in [-0.25, -0.2) is 68.6 Å². The molecule has 0 amide bonds. The lowest BCUT2D eigenvalue weighted by Gasteiger charge is -2.16. The summed E-state index contributed by atoms with van der Waals surface area (Å²) in [5, 5.41) is -0.377. The van der Waals surface area contributed by atoms with Crippen LogP contribution in [0.3, 0.4) is 0 Å². The first-order chi connectivity index (χ1) is 65.3. The largest absolute Gasteiger partial charge is 0.494 e. The molecule has 34 nitrogen and oxygen atoms in total. The van der Waals surface area contributed by atoms with Crippen LogP contribution in [0.4, 0.5) is 75.4 Å². The number of aromatic nitrogens is 15. The van der Waals surface area contributed by atoms with Gasteiger partial charge >= 0.3 is 24.7 Å². The van der Waals surface area contributed by atoms with Crippen LogP contribution < -0.4 is 23.6 Å². The van der Waals surface area contributed by atoms with Crippen LogP contribution >= 0.6 is 34.8 Å². The van der Waals surface area contributed by atoms with Crippen molar-refractivity contribution in [3.05, 3.63) is 306 Å². The molecular formula is C86H64Cl3F12N19O15S4. The molecule has 0 fully saturated rings. The Morgan fingerprint density at radius 1 is 0.345 bits per heavy atom. The van der Waals surface area contributed by atoms with E-state index in [0.29, 0.717) is 96.5 Å². The fourth-order valence-corrected chi connectivity index (χ4v) is 18.4. The summed E-state index contributed by atoms with van der Waals surface area (Å²) < 4.78 is 287. The highest BCUT2D eigenvalue weighted by molar-refractivity contribution is 7.93. The van der Waals surface area contributed by atoms with Gasteiger partial charge in [0.25, 0.3) is 40.1 Å². The van der Waals surface area contributed by atoms with Crippen molar-refractivity contribution >= 4 is 165 Å². The minimum atomic E-state index is -4.89. The molecule has 16 rings (SSSR count). The van der Waals surface area contributed by atoms with Gasteiger partial charge in [-0.2, -0.15) is 52.7 Å². The van der Waals surface area contributed by atoms with E-state index in [-0.39, 0.29) is 92.7 Å². The van der Waals surface area contributed by atoms with Crippen LogP contribution in [0.1, 0.15) is 120 Å². The van der Waals surface area contributed by atoms with Gasteiger partial charge in [-0.1, -0.05) is 40.9 Å². The first kappa shape index (κ1) is 102. The van der Waals surface area contributed by atoms with Gasteiger partial charge in [-0.05, 0) is 171 Å². The molecule has 0 atom stereocenters. The number of aryl methyl sites for hydroxylation is 4. The number of methoxy groups -OCH3 is 3. The highest BCUT2D eigenvalue weighted by Crippen LogP contribution is 2.42. The molecule has 0 aliphatic rings. The molecular weight excluding hydrogens is 2000 g/mol. The number of benzene rings is 4. The number of pyridine rings is 5. The van der Waals surface area contributed by atoms with Crippen molar-refractivity contribution in [3.63, 3.8) is 0 Å². The number of anilines is 4. The number of rotatable bonds is 25. The summed E-state index contributed by atoms with van der Waals surface area (Å²) >= 11 is 16.8. The van der Waals surface area contributed by atoms with E-state index >= 15 is 0 Å². The average Bonchev–Trinajstić information content (AvgIpc) is 1.75. The molecule has 0 saturated carbocycles. The monoisotopic (exact) mass is 2060 g/mol. The fraction of sp³-hybridized carbons (Fsp3) is 0.151. The summed E-state index contributed by atoms with van der Waals surface area (Å²) in [6.07, 6.45) is -4.09. The van der Waals surface area contributed by atoms with E-state index < -0.39 is 145 Å². The summed E-state index contributed by atoms with van der Waals surface area (Å²) in [5.74, 6) is -2.41. The normalized spacial score (nSPS) is 12.1. The number of hydrogen-bond donors (Lipinski definition) is 8. The molecule has 8 N–H and O–H groups in total. The number of nitrogens with zero attached hydrogens (tertiary/aromatic N) is 11. The lowest BCUT2D eigenvalue weighted by atomic mass is 10.0. The number of aromatic amines is 4. The molecule has 16 aromatic rings. The van der Waals surface area contributed by atoms with Crippen molar-refractivity contribution in [1.29, 1.82) is 0 Å². The zero-order chi connectivity index (χ0) is 101. The van der Waals surface area contributed by atoms with E-state index in [2.05, 4.69) is 93.6 Å². The van der Waals surface area contributed by atoms with Crippen molar-refractivity contribution < 1.29 is 120 Å². The van der Waals surface area contributed by atoms with E-state index in [1.54, 1.807) is 69.8 Å². The molecule has 139 heavy (non-hydrogen) atoms. The van der Waals surface area contributed by atoms with E-state index in [9.17, 15) is 106 Å². The first-order valence-electron chi connectivity index (χ1n) is 39.2. The molecule has 0 aliphatic heterocycles. The number of ketones is 4. The Labute approximate surface area is 791 Å². The lowest BCUT2D eigenvalue weighted by molar-refractivity contribution is -0.138. The highest BCUT2D eigenvalue weighted by atomic mass is 35.5. The summed E-state index contributed by atoms with van der Waals surface area (Å²) in [6.45, 7) is 6.12. The number of nitrogens with one attached hydrogen (secondary N) is 8. The zero-order valence-electron chi connectivity index (χ0n) is 71.7. The molecule has 0 radical (unpaired) electrons. The van der Waals surface area contributed by atoms with Gasteiger partial charge in [0.2, 0.25) is 23.1 Å². The first-order valence-corrected chi connectivity index (χ1v) is 46.2. The summed E-state index contributed by atoms with van der Waals surface area (Å²) in [6, 6.07) is 20.9. The maximum atomic E-state index is 13.7. The van der Waals surface area contributed by atoms with E-state index in [0.717, 1.165) is 54.9 Å². The van der Waals surface area contributed by atoms with E-state index in [4.69, 9.17) is 49.0 Å². The summed E-state index contributed by atoms with van der Waals surface area (Å²) in [5.41, 5.74) is -3.84. The Bertz CT molecular complexity index is 8060. The topological polar surface area (TPSA) is 486 Å². The van der Waals surface area contributed by atoms with Crippen molar-refractivity contribution in [1.82, 2.24) is 74.8 Å². The number of carbonyl (C=O) groups excluding carboxylic acids is 4. The zero-order valence-corrected chi connectivity index (χ0v) is 77.2. The molecule has 0 aliphatic carbocycles. The number of carbonyl (C=O) groups is 4. The summed E-state index contributed by atoms with van der Waals surface area (Å²) in [7, 11) is -14.1. The number of hydrogen-bond acceptors (Lipinski definition) is 26. The lowest BCUT2D eigenvalue weighted by Crippen LogP contribution is -2.19.